The van der Waals surface area contributed by atoms with Crippen molar-refractivity contribution in [2.24, 2.45) is 0 Å². The molecule has 0 amide bonds. The van der Waals surface area contributed by atoms with Crippen molar-refractivity contribution >= 4 is 34.4 Å². The average molecular weight is 238 g/mol. The van der Waals surface area contributed by atoms with Crippen LogP contribution in [0.15, 0.2) is 36.4 Å². The van der Waals surface area contributed by atoms with E-state index in [0.29, 0.717) is 20.5 Å². The fourth-order valence-corrected chi connectivity index (χ4v) is 2.26. The summed E-state index contributed by atoms with van der Waals surface area (Å²) in [6.45, 7) is 0. The first kappa shape index (κ1) is 10.2. The number of anilines is 1. The quantitative estimate of drug-likeness (QED) is 0.644. The smallest absolute Gasteiger partial charge is 0.203 e. The van der Waals surface area contributed by atoms with Crippen molar-refractivity contribution in [2.45, 2.75) is 0 Å². The van der Waals surface area contributed by atoms with Crippen molar-refractivity contribution in [3.63, 3.8) is 0 Å². The van der Waals surface area contributed by atoms with Gasteiger partial charge in [-0.05, 0) is 24.3 Å². The number of carbonyl (C=O) groups excluding carboxylic acids is 1. The van der Waals surface area contributed by atoms with Gasteiger partial charge < -0.3 is 5.73 Å². The molecule has 0 saturated carbocycles. The predicted molar refractivity (Wildman–Crippen MR) is 63.6 cm³/mol. The van der Waals surface area contributed by atoms with Gasteiger partial charge >= 0.3 is 0 Å². The van der Waals surface area contributed by atoms with E-state index < -0.39 is 0 Å². The van der Waals surface area contributed by atoms with E-state index in [0.717, 1.165) is 0 Å². The monoisotopic (exact) mass is 237 g/mol. The molecule has 0 aliphatic carbocycles. The van der Waals surface area contributed by atoms with Gasteiger partial charge in [-0.25, -0.2) is 0 Å². The van der Waals surface area contributed by atoms with Crippen molar-refractivity contribution in [1.82, 2.24) is 0 Å². The second-order valence-corrected chi connectivity index (χ2v) is 4.77. The number of hydrogen-bond donors (Lipinski definition) is 1. The van der Waals surface area contributed by atoms with Crippen LogP contribution in [0.1, 0.15) is 15.2 Å². The third kappa shape index (κ3) is 2.19. The maximum absolute atomic E-state index is 11.9. The maximum atomic E-state index is 11.9. The minimum Gasteiger partial charge on any atom is -0.399 e. The van der Waals surface area contributed by atoms with Gasteiger partial charge in [-0.3, -0.25) is 4.79 Å². The molecule has 1 aromatic heterocycles. The first-order valence-corrected chi connectivity index (χ1v) is 5.52. The summed E-state index contributed by atoms with van der Waals surface area (Å²) in [6, 6.07) is 10.3. The van der Waals surface area contributed by atoms with Crippen LogP contribution < -0.4 is 5.73 Å². The van der Waals surface area contributed by atoms with Gasteiger partial charge in [0.05, 0.1) is 9.21 Å². The van der Waals surface area contributed by atoms with Gasteiger partial charge in [0.2, 0.25) is 5.78 Å². The number of halogens is 1. The Hall–Kier alpha value is -1.32. The van der Waals surface area contributed by atoms with Crippen molar-refractivity contribution in [3.05, 3.63) is 51.2 Å². The molecule has 76 valence electrons. The van der Waals surface area contributed by atoms with Gasteiger partial charge in [-0.15, -0.1) is 11.3 Å². The average Bonchev–Trinajstić information content (AvgIpc) is 2.64. The van der Waals surface area contributed by atoms with Crippen LogP contribution in [-0.2, 0) is 0 Å². The number of rotatable bonds is 2. The molecular weight excluding hydrogens is 230 g/mol. The topological polar surface area (TPSA) is 43.1 Å². The molecule has 1 aromatic carbocycles. The number of nitrogen functional groups attached to an aromatic ring is 1. The highest BCUT2D eigenvalue weighted by atomic mass is 35.5. The molecule has 0 atom stereocenters. The van der Waals surface area contributed by atoms with Crippen LogP contribution in [-0.4, -0.2) is 5.78 Å². The zero-order chi connectivity index (χ0) is 10.8. The van der Waals surface area contributed by atoms with E-state index >= 15 is 0 Å². The lowest BCUT2D eigenvalue weighted by Crippen LogP contribution is -1.99. The Labute approximate surface area is 96.3 Å². The normalized spacial score (nSPS) is 10.2. The molecule has 4 heteroatoms. The van der Waals surface area contributed by atoms with Crippen molar-refractivity contribution in [3.8, 4) is 0 Å². The molecule has 0 spiro atoms. The molecule has 15 heavy (non-hydrogen) atoms. The number of ketones is 1. The van der Waals surface area contributed by atoms with Gasteiger partial charge in [-0.2, -0.15) is 0 Å². The largest absolute Gasteiger partial charge is 0.399 e. The molecule has 2 aromatic rings. The fraction of sp³-hybridized carbons (Fsp3) is 0. The van der Waals surface area contributed by atoms with Crippen LogP contribution in [0, 0.1) is 0 Å². The molecule has 0 fully saturated rings. The van der Waals surface area contributed by atoms with E-state index in [-0.39, 0.29) is 5.78 Å². The van der Waals surface area contributed by atoms with E-state index in [1.54, 1.807) is 36.4 Å². The third-order valence-corrected chi connectivity index (χ3v) is 3.18. The number of carbonyl (C=O) groups is 1. The lowest BCUT2D eigenvalue weighted by Gasteiger charge is -1.98. The first-order valence-electron chi connectivity index (χ1n) is 4.32. The summed E-state index contributed by atoms with van der Waals surface area (Å²) in [6.07, 6.45) is 0. The van der Waals surface area contributed by atoms with Gasteiger partial charge in [0, 0.05) is 11.3 Å². The summed E-state index contributed by atoms with van der Waals surface area (Å²) < 4.78 is 0.613. The van der Waals surface area contributed by atoms with E-state index in [4.69, 9.17) is 17.3 Å². The standard InChI is InChI=1S/C11H8ClNOS/c12-10-5-4-9(15-10)11(14)7-2-1-3-8(13)6-7/h1-6H,13H2. The Kier molecular flexibility index (Phi) is 2.75. The Morgan fingerprint density at radius 3 is 2.67 bits per heavy atom. The van der Waals surface area contributed by atoms with Gasteiger partial charge in [0.15, 0.2) is 0 Å². The summed E-state index contributed by atoms with van der Waals surface area (Å²) in [5.41, 5.74) is 6.78. The fourth-order valence-electron chi connectivity index (χ4n) is 1.26. The number of benzene rings is 1. The highest BCUT2D eigenvalue weighted by Crippen LogP contribution is 2.24. The van der Waals surface area contributed by atoms with Crippen LogP contribution in [0.3, 0.4) is 0 Å². The minimum absolute atomic E-state index is 0.0424. The molecule has 0 bridgehead atoms. The van der Waals surface area contributed by atoms with Crippen molar-refractivity contribution in [2.75, 3.05) is 5.73 Å². The zero-order valence-corrected chi connectivity index (χ0v) is 9.31. The number of nitrogens with two attached hydrogens (primary N) is 1. The summed E-state index contributed by atoms with van der Waals surface area (Å²) in [5, 5.41) is 0. The van der Waals surface area contributed by atoms with Gasteiger partial charge in [0.25, 0.3) is 0 Å². The van der Waals surface area contributed by atoms with Crippen LogP contribution >= 0.6 is 22.9 Å². The summed E-state index contributed by atoms with van der Waals surface area (Å²) >= 11 is 7.04. The molecular formula is C11H8ClNOS. The molecule has 0 radical (unpaired) electrons. The SMILES string of the molecule is Nc1cccc(C(=O)c2ccc(Cl)s2)c1. The Morgan fingerprint density at radius 1 is 1.27 bits per heavy atom. The Morgan fingerprint density at radius 2 is 2.07 bits per heavy atom. The summed E-state index contributed by atoms with van der Waals surface area (Å²) in [4.78, 5) is 12.5. The first-order chi connectivity index (χ1) is 7.16. The van der Waals surface area contributed by atoms with Gasteiger partial charge in [0.1, 0.15) is 0 Å². The molecule has 1 heterocycles. The van der Waals surface area contributed by atoms with Crippen molar-refractivity contribution in [1.29, 1.82) is 0 Å². The molecule has 0 unspecified atom stereocenters. The number of hydrogen-bond acceptors (Lipinski definition) is 3. The lowest BCUT2D eigenvalue weighted by atomic mass is 10.1. The molecule has 0 aliphatic rings. The highest BCUT2D eigenvalue weighted by molar-refractivity contribution is 7.18. The lowest BCUT2D eigenvalue weighted by molar-refractivity contribution is 0.104. The van der Waals surface area contributed by atoms with Crippen LogP contribution in [0.2, 0.25) is 4.34 Å². The Bertz CT molecular complexity index is 507. The summed E-state index contributed by atoms with van der Waals surface area (Å²) in [7, 11) is 0. The predicted octanol–water partition coefficient (Wildman–Crippen LogP) is 3.21. The van der Waals surface area contributed by atoms with E-state index in [2.05, 4.69) is 0 Å². The van der Waals surface area contributed by atoms with E-state index in [9.17, 15) is 4.79 Å². The second-order valence-electron chi connectivity index (χ2n) is 3.06. The molecule has 2 rings (SSSR count). The molecule has 2 nitrogen and oxygen atoms in total. The summed E-state index contributed by atoms with van der Waals surface area (Å²) in [5.74, 6) is -0.0424. The third-order valence-electron chi connectivity index (χ3n) is 1.95. The highest BCUT2D eigenvalue weighted by Gasteiger charge is 2.11. The minimum atomic E-state index is -0.0424. The second kappa shape index (κ2) is 4.04. The molecule has 0 aliphatic heterocycles. The van der Waals surface area contributed by atoms with Crippen LogP contribution in [0.5, 0.6) is 0 Å². The van der Waals surface area contributed by atoms with Crippen molar-refractivity contribution < 1.29 is 4.79 Å². The van der Waals surface area contributed by atoms with E-state index in [1.165, 1.54) is 11.3 Å². The van der Waals surface area contributed by atoms with Crippen LogP contribution in [0.25, 0.3) is 0 Å². The Balaban J connectivity index is 2.36. The number of thiophene rings is 1. The molecule has 0 saturated heterocycles. The molecule has 2 N–H and O–H groups in total. The van der Waals surface area contributed by atoms with Crippen LogP contribution in [0.4, 0.5) is 5.69 Å². The van der Waals surface area contributed by atoms with Gasteiger partial charge in [-0.1, -0.05) is 23.7 Å². The van der Waals surface area contributed by atoms with E-state index in [1.807, 2.05) is 0 Å². The maximum Gasteiger partial charge on any atom is 0.203 e. The zero-order valence-electron chi connectivity index (χ0n) is 7.74.